The molecule has 1 amide bonds. The molecule has 162 valence electrons. The lowest BCUT2D eigenvalue weighted by molar-refractivity contribution is -0.133. The first-order chi connectivity index (χ1) is 14.9. The minimum atomic E-state index is -2.93. The van der Waals surface area contributed by atoms with Crippen LogP contribution >= 0.6 is 11.8 Å². The molecular formula is C21H20F2N4O3S. The van der Waals surface area contributed by atoms with E-state index in [0.29, 0.717) is 40.7 Å². The molecule has 1 saturated carbocycles. The maximum atomic E-state index is 14.6. The lowest BCUT2D eigenvalue weighted by atomic mass is 10.1. The third kappa shape index (κ3) is 3.58. The first-order valence-corrected chi connectivity index (χ1v) is 11.1. The van der Waals surface area contributed by atoms with Gasteiger partial charge >= 0.3 is 0 Å². The Morgan fingerprint density at radius 2 is 2.16 bits per heavy atom. The molecule has 2 N–H and O–H groups in total. The average Bonchev–Trinajstić information content (AvgIpc) is 3.53. The van der Waals surface area contributed by atoms with Crippen molar-refractivity contribution >= 4 is 34.4 Å². The molecule has 1 fully saturated rings. The number of alkyl halides is 2. The van der Waals surface area contributed by atoms with Crippen molar-refractivity contribution in [1.82, 2.24) is 15.0 Å². The van der Waals surface area contributed by atoms with E-state index >= 15 is 0 Å². The van der Waals surface area contributed by atoms with Crippen molar-refractivity contribution in [2.75, 3.05) is 18.2 Å². The number of fused-ring (bicyclic) bond motifs is 2. The molecular weight excluding hydrogens is 426 g/mol. The molecule has 1 aliphatic carbocycles. The maximum absolute atomic E-state index is 14.6. The number of H-pyrrole nitrogens is 1. The Morgan fingerprint density at radius 1 is 1.35 bits per heavy atom. The van der Waals surface area contributed by atoms with Crippen molar-refractivity contribution in [2.24, 2.45) is 5.92 Å². The standard InChI is InChI=1S/C21H20F2N4O3S/c1-10(28)26-17-5-12-13(7-24-14(12)8-25-17)19-20-15(6-18(27-19)31-2)30-16(9-29-20)21(22,23)11-3-4-11/h5-8,11,16,24H,3-4,9H2,1-2H3,(H,25,26,28). The number of amides is 1. The highest BCUT2D eigenvalue weighted by atomic mass is 32.2. The second-order valence-corrected chi connectivity index (χ2v) is 8.53. The Labute approximate surface area is 180 Å². The van der Waals surface area contributed by atoms with Crippen LogP contribution < -0.4 is 14.8 Å². The summed E-state index contributed by atoms with van der Waals surface area (Å²) in [5, 5.41) is 4.05. The number of nitrogens with zero attached hydrogens (tertiary/aromatic N) is 2. The van der Waals surface area contributed by atoms with Crippen molar-refractivity contribution < 1.29 is 23.0 Å². The van der Waals surface area contributed by atoms with Crippen molar-refractivity contribution in [3.05, 3.63) is 24.5 Å². The minimum Gasteiger partial charge on any atom is -0.483 e. The molecule has 0 spiro atoms. The van der Waals surface area contributed by atoms with Crippen LogP contribution in [0.3, 0.4) is 0 Å². The highest BCUT2D eigenvalue weighted by Crippen LogP contribution is 2.50. The number of halogens is 2. The van der Waals surface area contributed by atoms with Crippen LogP contribution in [0.1, 0.15) is 19.8 Å². The molecule has 3 aromatic heterocycles. The van der Waals surface area contributed by atoms with Crippen molar-refractivity contribution in [1.29, 1.82) is 0 Å². The summed E-state index contributed by atoms with van der Waals surface area (Å²) in [6.07, 6.45) is 4.92. The van der Waals surface area contributed by atoms with E-state index in [2.05, 4.69) is 20.3 Å². The fourth-order valence-corrected chi connectivity index (χ4v) is 4.14. The summed E-state index contributed by atoms with van der Waals surface area (Å²) in [6.45, 7) is 1.16. The molecule has 0 radical (unpaired) electrons. The molecule has 7 nitrogen and oxygen atoms in total. The third-order valence-electron chi connectivity index (χ3n) is 5.45. The molecule has 1 aliphatic heterocycles. The van der Waals surface area contributed by atoms with Gasteiger partial charge in [0.25, 0.3) is 5.92 Å². The van der Waals surface area contributed by atoms with Crippen LogP contribution in [0, 0.1) is 5.92 Å². The van der Waals surface area contributed by atoms with E-state index in [1.807, 2.05) is 6.26 Å². The van der Waals surface area contributed by atoms with Crippen LogP contribution in [0.15, 0.2) is 29.6 Å². The summed E-state index contributed by atoms with van der Waals surface area (Å²) in [6, 6.07) is 3.37. The largest absolute Gasteiger partial charge is 0.483 e. The summed E-state index contributed by atoms with van der Waals surface area (Å²) >= 11 is 1.38. The zero-order valence-electron chi connectivity index (χ0n) is 16.9. The maximum Gasteiger partial charge on any atom is 0.290 e. The van der Waals surface area contributed by atoms with Crippen LogP contribution in [0.2, 0.25) is 0 Å². The molecule has 3 aromatic rings. The fourth-order valence-electron chi connectivity index (χ4n) is 3.73. The summed E-state index contributed by atoms with van der Waals surface area (Å²) in [5.41, 5.74) is 1.93. The molecule has 0 aromatic carbocycles. The summed E-state index contributed by atoms with van der Waals surface area (Å²) in [7, 11) is 0. The molecule has 10 heteroatoms. The normalized spacial score (nSPS) is 18.3. The van der Waals surface area contributed by atoms with Crippen molar-refractivity contribution in [2.45, 2.75) is 36.8 Å². The number of nitrogens with one attached hydrogen (secondary N) is 2. The molecule has 0 saturated heterocycles. The molecule has 4 heterocycles. The number of rotatable bonds is 5. The van der Waals surface area contributed by atoms with E-state index in [-0.39, 0.29) is 18.3 Å². The lowest BCUT2D eigenvalue weighted by Gasteiger charge is -2.32. The first kappa shape index (κ1) is 20.0. The SMILES string of the molecule is CSc1cc2c(c(-c3c[nH]c4cnc(NC(C)=O)cc34)n1)OCC(C(F)(F)C1CC1)O2. The second-order valence-electron chi connectivity index (χ2n) is 7.71. The molecule has 1 unspecified atom stereocenters. The van der Waals surface area contributed by atoms with E-state index in [1.54, 1.807) is 24.5 Å². The van der Waals surface area contributed by atoms with Crippen LogP contribution in [-0.4, -0.2) is 45.7 Å². The topological polar surface area (TPSA) is 89.1 Å². The first-order valence-electron chi connectivity index (χ1n) is 9.88. The average molecular weight is 446 g/mol. The van der Waals surface area contributed by atoms with Gasteiger partial charge in [0, 0.05) is 36.1 Å². The van der Waals surface area contributed by atoms with Gasteiger partial charge in [0.15, 0.2) is 17.6 Å². The number of pyridine rings is 2. The Hall–Kier alpha value is -2.88. The van der Waals surface area contributed by atoms with Gasteiger partial charge in [-0.05, 0) is 25.2 Å². The van der Waals surface area contributed by atoms with Gasteiger partial charge in [-0.2, -0.15) is 0 Å². The van der Waals surface area contributed by atoms with Gasteiger partial charge in [0.2, 0.25) is 5.91 Å². The lowest BCUT2D eigenvalue weighted by Crippen LogP contribution is -2.46. The summed E-state index contributed by atoms with van der Waals surface area (Å²) in [4.78, 5) is 23.4. The van der Waals surface area contributed by atoms with Crippen LogP contribution in [0.25, 0.3) is 22.2 Å². The minimum absolute atomic E-state index is 0.233. The third-order valence-corrected chi connectivity index (χ3v) is 6.08. The summed E-state index contributed by atoms with van der Waals surface area (Å²) in [5.74, 6) is -2.81. The smallest absolute Gasteiger partial charge is 0.290 e. The fraction of sp³-hybridized carbons (Fsp3) is 0.381. The molecule has 0 bridgehead atoms. The van der Waals surface area contributed by atoms with Crippen LogP contribution in [0.4, 0.5) is 14.6 Å². The van der Waals surface area contributed by atoms with Crippen LogP contribution in [-0.2, 0) is 4.79 Å². The highest BCUT2D eigenvalue weighted by Gasteiger charge is 2.55. The monoisotopic (exact) mass is 446 g/mol. The van der Waals surface area contributed by atoms with Gasteiger partial charge in [-0.15, -0.1) is 11.8 Å². The van der Waals surface area contributed by atoms with E-state index in [9.17, 15) is 13.6 Å². The molecule has 2 aliphatic rings. The number of aromatic amines is 1. The molecule has 1 atom stereocenters. The molecule has 31 heavy (non-hydrogen) atoms. The number of anilines is 1. The molecule has 5 rings (SSSR count). The number of carbonyl (C=O) groups is 1. The predicted octanol–water partition coefficient (Wildman–Crippen LogP) is 4.49. The van der Waals surface area contributed by atoms with E-state index < -0.39 is 17.9 Å². The van der Waals surface area contributed by atoms with Gasteiger partial charge in [-0.3, -0.25) is 4.79 Å². The van der Waals surface area contributed by atoms with Crippen molar-refractivity contribution in [3.8, 4) is 22.8 Å². The van der Waals surface area contributed by atoms with E-state index in [1.165, 1.54) is 18.7 Å². The zero-order chi connectivity index (χ0) is 21.8. The van der Waals surface area contributed by atoms with E-state index in [0.717, 1.165) is 10.9 Å². The van der Waals surface area contributed by atoms with Gasteiger partial charge in [-0.1, -0.05) is 0 Å². The number of aromatic nitrogens is 3. The number of thioether (sulfide) groups is 1. The van der Waals surface area contributed by atoms with Gasteiger partial charge < -0.3 is 19.8 Å². The summed E-state index contributed by atoms with van der Waals surface area (Å²) < 4.78 is 40.8. The number of hydrogen-bond acceptors (Lipinski definition) is 6. The van der Waals surface area contributed by atoms with Crippen molar-refractivity contribution in [3.63, 3.8) is 0 Å². The van der Waals surface area contributed by atoms with Gasteiger partial charge in [0.1, 0.15) is 23.1 Å². The Balaban J connectivity index is 1.58. The Bertz CT molecular complexity index is 1180. The van der Waals surface area contributed by atoms with E-state index in [4.69, 9.17) is 9.47 Å². The van der Waals surface area contributed by atoms with Gasteiger partial charge in [-0.25, -0.2) is 18.7 Å². The highest BCUT2D eigenvalue weighted by molar-refractivity contribution is 7.98. The predicted molar refractivity (Wildman–Crippen MR) is 113 cm³/mol. The zero-order valence-corrected chi connectivity index (χ0v) is 17.7. The number of carbonyl (C=O) groups excluding carboxylic acids is 1. The van der Waals surface area contributed by atoms with Crippen LogP contribution in [0.5, 0.6) is 11.5 Å². The second kappa shape index (κ2) is 7.37. The van der Waals surface area contributed by atoms with Gasteiger partial charge in [0.05, 0.1) is 11.7 Å². The Morgan fingerprint density at radius 3 is 2.87 bits per heavy atom. The Kier molecular flexibility index (Phi) is 4.76. The number of ether oxygens (including phenoxy) is 2. The quantitative estimate of drug-likeness (QED) is 0.562. The number of hydrogen-bond donors (Lipinski definition) is 2.